The molecule has 13 heteroatoms. The van der Waals surface area contributed by atoms with Gasteiger partial charge in [0, 0.05) is 60.2 Å². The third-order valence-electron chi connectivity index (χ3n) is 9.74. The Morgan fingerprint density at radius 1 is 1.10 bits per heavy atom. The van der Waals surface area contributed by atoms with Crippen LogP contribution >= 0.6 is 0 Å². The van der Waals surface area contributed by atoms with Crippen molar-refractivity contribution in [1.29, 1.82) is 0 Å². The summed E-state index contributed by atoms with van der Waals surface area (Å²) in [7, 11) is 1.77. The third-order valence-corrected chi connectivity index (χ3v) is 9.74. The van der Waals surface area contributed by atoms with Gasteiger partial charge in [-0.15, -0.1) is 0 Å². The van der Waals surface area contributed by atoms with E-state index in [9.17, 15) is 9.90 Å². The normalized spacial score (nSPS) is 19.4. The minimum Gasteiger partial charge on any atom is -0.481 e. The summed E-state index contributed by atoms with van der Waals surface area (Å²) in [6.45, 7) is 6.16. The molecule has 4 heterocycles. The molecule has 50 heavy (non-hydrogen) atoms. The first kappa shape index (κ1) is 34.6. The van der Waals surface area contributed by atoms with Crippen LogP contribution in [0.5, 0.6) is 11.5 Å². The van der Waals surface area contributed by atoms with Gasteiger partial charge in [0.25, 0.3) is 0 Å². The molecule has 0 radical (unpaired) electrons. The average Bonchev–Trinajstić information content (AvgIpc) is 3.73. The number of H-pyrrole nitrogens is 1. The monoisotopic (exact) mass is 684 g/mol. The van der Waals surface area contributed by atoms with E-state index in [0.717, 1.165) is 30.4 Å². The number of carboxylic acid groups (broad SMARTS) is 1. The number of rotatable bonds is 4. The lowest BCUT2D eigenvalue weighted by atomic mass is 9.75. The Bertz CT molecular complexity index is 2090. The topological polar surface area (TPSA) is 161 Å². The van der Waals surface area contributed by atoms with Crippen molar-refractivity contribution in [3.63, 3.8) is 0 Å². The van der Waals surface area contributed by atoms with Crippen LogP contribution in [0.4, 0.5) is 8.78 Å². The molecule has 1 aliphatic rings. The molecule has 2 aromatic carbocycles. The maximum atomic E-state index is 15.8. The molecule has 5 aromatic rings. The molecule has 0 saturated carbocycles. The predicted molar refractivity (Wildman–Crippen MR) is 186 cm³/mol. The number of pyridine rings is 1. The van der Waals surface area contributed by atoms with Gasteiger partial charge in [-0.05, 0) is 49.4 Å². The van der Waals surface area contributed by atoms with Crippen LogP contribution in [0.25, 0.3) is 22.4 Å². The Morgan fingerprint density at radius 2 is 1.88 bits per heavy atom. The second kappa shape index (κ2) is 13.5. The summed E-state index contributed by atoms with van der Waals surface area (Å²) >= 11 is 0. The molecule has 11 nitrogen and oxygen atoms in total. The maximum Gasteiger partial charge on any atom is 0.303 e. The van der Waals surface area contributed by atoms with Gasteiger partial charge < -0.3 is 25.6 Å². The van der Waals surface area contributed by atoms with E-state index >= 15 is 8.78 Å². The lowest BCUT2D eigenvalue weighted by molar-refractivity contribution is -0.136. The zero-order chi connectivity index (χ0) is 35.8. The van der Waals surface area contributed by atoms with Crippen molar-refractivity contribution in [2.75, 3.05) is 0 Å². The number of aryl methyl sites for hydroxylation is 2. The first-order valence-corrected chi connectivity index (χ1v) is 16.6. The third kappa shape index (κ3) is 6.77. The van der Waals surface area contributed by atoms with Gasteiger partial charge in [0.1, 0.15) is 11.4 Å². The Labute approximate surface area is 288 Å². The van der Waals surface area contributed by atoms with Crippen LogP contribution in [0.3, 0.4) is 0 Å². The molecule has 3 aromatic heterocycles. The highest BCUT2D eigenvalue weighted by Crippen LogP contribution is 2.40. The zero-order valence-corrected chi connectivity index (χ0v) is 28.6. The number of aliphatic carboxylic acids is 1. The Hall–Kier alpha value is -5.30. The van der Waals surface area contributed by atoms with E-state index in [1.54, 1.807) is 36.1 Å². The molecule has 0 saturated heterocycles. The van der Waals surface area contributed by atoms with E-state index in [1.165, 1.54) is 17.4 Å². The number of hydrogen-bond acceptors (Lipinski definition) is 8. The molecule has 0 spiro atoms. The van der Waals surface area contributed by atoms with Crippen molar-refractivity contribution < 1.29 is 23.4 Å². The van der Waals surface area contributed by atoms with Crippen LogP contribution in [0.15, 0.2) is 66.8 Å². The van der Waals surface area contributed by atoms with E-state index in [-0.39, 0.29) is 30.0 Å². The molecule has 6 N–H and O–H groups in total. The number of carboxylic acids is 1. The number of nitrogens with two attached hydrogens (primary N) is 2. The zero-order valence-electron chi connectivity index (χ0n) is 28.6. The second-order valence-electron chi connectivity index (χ2n) is 13.8. The van der Waals surface area contributed by atoms with Gasteiger partial charge in [-0.3, -0.25) is 9.78 Å². The van der Waals surface area contributed by atoms with E-state index in [1.807, 2.05) is 38.1 Å². The summed E-state index contributed by atoms with van der Waals surface area (Å²) in [5.41, 5.74) is 8.73. The number of nitrogens with zero attached hydrogens (tertiary/aromatic N) is 5. The number of allylic oxidation sites excluding steroid dienone is 1. The summed E-state index contributed by atoms with van der Waals surface area (Å²) in [6.07, 6.45) is 8.19. The molecule has 1 unspecified atom stereocenters. The minimum atomic E-state index is -1.16. The number of hydrogen-bond donors (Lipinski definition) is 4. The van der Waals surface area contributed by atoms with Crippen LogP contribution < -0.4 is 16.3 Å². The molecular formula is C37H42F2N8O3. The number of nitrogens with one attached hydrogen (secondary N) is 1. The SMILES string of the molecule is Cn1nc2nc1-c1cc(ccn1)Oc1c(F)c(F)c3[nH]ccc3c1CN(N)/C=C(\N)C(C)(C)CCCCC2(C)c1cccc(CCC(=O)O)c1. The van der Waals surface area contributed by atoms with Gasteiger partial charge in [-0.1, -0.05) is 51.0 Å². The molecule has 0 amide bonds. The molecular weight excluding hydrogens is 642 g/mol. The quantitative estimate of drug-likeness (QED) is 0.149. The van der Waals surface area contributed by atoms with E-state index < -0.39 is 28.4 Å². The van der Waals surface area contributed by atoms with Crippen molar-refractivity contribution >= 4 is 16.9 Å². The summed E-state index contributed by atoms with van der Waals surface area (Å²) < 4.78 is 38.8. The highest BCUT2D eigenvalue weighted by atomic mass is 19.2. The minimum absolute atomic E-state index is 0.00595. The van der Waals surface area contributed by atoms with Crippen LogP contribution in [0.1, 0.15) is 75.4 Å². The van der Waals surface area contributed by atoms with Gasteiger partial charge in [-0.2, -0.15) is 9.49 Å². The number of aromatic nitrogens is 5. The van der Waals surface area contributed by atoms with Crippen LogP contribution in [-0.4, -0.2) is 40.8 Å². The Balaban J connectivity index is 1.48. The van der Waals surface area contributed by atoms with Crippen molar-refractivity contribution in [3.8, 4) is 23.0 Å². The first-order valence-electron chi connectivity index (χ1n) is 16.6. The fourth-order valence-corrected chi connectivity index (χ4v) is 6.56. The number of hydrazine groups is 1. The predicted octanol–water partition coefficient (Wildman–Crippen LogP) is 6.83. The number of ether oxygens (including phenoxy) is 1. The van der Waals surface area contributed by atoms with E-state index in [4.69, 9.17) is 26.4 Å². The molecule has 1 atom stereocenters. The summed E-state index contributed by atoms with van der Waals surface area (Å²) in [5, 5.41) is 16.0. The fourth-order valence-electron chi connectivity index (χ4n) is 6.56. The smallest absolute Gasteiger partial charge is 0.303 e. The molecule has 6 rings (SSSR count). The number of carbonyl (C=O) groups is 1. The van der Waals surface area contributed by atoms with Crippen LogP contribution in [-0.2, 0) is 30.2 Å². The number of benzene rings is 2. The summed E-state index contributed by atoms with van der Waals surface area (Å²) in [6, 6.07) is 12.7. The molecule has 0 fully saturated rings. The van der Waals surface area contributed by atoms with Gasteiger partial charge in [0.05, 0.1) is 17.5 Å². The Kier molecular flexibility index (Phi) is 9.36. The number of fused-ring (bicyclic) bond motifs is 8. The van der Waals surface area contributed by atoms with Gasteiger partial charge >= 0.3 is 5.97 Å². The van der Waals surface area contributed by atoms with Gasteiger partial charge in [0.15, 0.2) is 23.2 Å². The highest BCUT2D eigenvalue weighted by Gasteiger charge is 2.35. The first-order chi connectivity index (χ1) is 23.8. The molecule has 1 aliphatic heterocycles. The average molecular weight is 685 g/mol. The Morgan fingerprint density at radius 3 is 2.66 bits per heavy atom. The molecule has 0 aliphatic carbocycles. The lowest BCUT2D eigenvalue weighted by Crippen LogP contribution is -2.30. The largest absolute Gasteiger partial charge is 0.481 e. The van der Waals surface area contributed by atoms with E-state index in [0.29, 0.717) is 46.8 Å². The number of halogens is 2. The lowest BCUT2D eigenvalue weighted by Gasteiger charge is -2.30. The fraction of sp³-hybridized carbons (Fsp3) is 0.351. The van der Waals surface area contributed by atoms with Crippen LogP contribution in [0, 0.1) is 17.0 Å². The standard InChI is InChI=1S/C37H42F2N8O3/c1-36(2)14-5-6-15-37(3,23-9-7-8-22(18-23)10-11-29(48)49)35-44-34(46(4)45-35)27-19-24(12-16-42-27)50-33-26(20-47(41)21-28(36)40)25-13-17-43-32(25)30(38)31(33)39/h7-9,12-13,16-19,21,43H,5-6,10-11,14-15,20,40-41H2,1-4H3,(H,48,49)/b28-21-. The van der Waals surface area contributed by atoms with Crippen molar-refractivity contribution in [3.05, 3.63) is 101 Å². The maximum absolute atomic E-state index is 15.8. The van der Waals surface area contributed by atoms with Crippen molar-refractivity contribution in [2.24, 2.45) is 24.0 Å². The van der Waals surface area contributed by atoms with Crippen molar-refractivity contribution in [2.45, 2.75) is 71.3 Å². The molecule has 4 bridgehead atoms. The van der Waals surface area contributed by atoms with Crippen LogP contribution in [0.2, 0.25) is 0 Å². The molecule has 262 valence electrons. The highest BCUT2D eigenvalue weighted by molar-refractivity contribution is 5.86. The summed E-state index contributed by atoms with van der Waals surface area (Å²) in [4.78, 5) is 23.6. The number of aromatic amines is 1. The van der Waals surface area contributed by atoms with Gasteiger partial charge in [0.2, 0.25) is 5.82 Å². The van der Waals surface area contributed by atoms with Crippen molar-refractivity contribution in [1.82, 2.24) is 29.7 Å². The van der Waals surface area contributed by atoms with Gasteiger partial charge in [-0.25, -0.2) is 19.9 Å². The second-order valence-corrected chi connectivity index (χ2v) is 13.8. The van der Waals surface area contributed by atoms with E-state index in [2.05, 4.69) is 16.9 Å². The summed E-state index contributed by atoms with van der Waals surface area (Å²) in [5.74, 6) is 4.31.